The van der Waals surface area contributed by atoms with Crippen molar-refractivity contribution in [1.29, 1.82) is 0 Å². The van der Waals surface area contributed by atoms with E-state index in [1.165, 1.54) is 23.9 Å². The summed E-state index contributed by atoms with van der Waals surface area (Å²) in [7, 11) is 0. The Morgan fingerprint density at radius 2 is 1.62 bits per heavy atom. The smallest absolute Gasteiger partial charge is 0.258 e. The Bertz CT molecular complexity index is 1520. The monoisotopic (exact) mass is 469 g/mol. The van der Waals surface area contributed by atoms with Crippen LogP contribution in [0.25, 0.3) is 17.2 Å². The minimum Gasteiger partial charge on any atom is -0.321 e. The predicted molar refractivity (Wildman–Crippen MR) is 131 cm³/mol. The number of benzene rings is 3. The molecule has 0 aliphatic rings. The molecular weight excluding hydrogens is 449 g/mol. The molecule has 0 saturated heterocycles. The maximum Gasteiger partial charge on any atom is 0.258 e. The standard InChI is InChI=1S/C26H20FN5OS/c1-16-17(2)28-26-30-23(18-10-4-3-5-11-18)31-32(26)25(16)34-22-15-9-8-14-21(22)29-24(33)19-12-6-7-13-20(19)27/h3-15H,1-2H3,(H,29,33). The Kier molecular flexibility index (Phi) is 5.81. The Balaban J connectivity index is 1.54. The average Bonchev–Trinajstić information content (AvgIpc) is 3.27. The van der Waals surface area contributed by atoms with Gasteiger partial charge in [0.05, 0.1) is 11.3 Å². The first-order valence-corrected chi connectivity index (χ1v) is 11.4. The zero-order valence-electron chi connectivity index (χ0n) is 18.5. The third-order valence-corrected chi connectivity index (χ3v) is 6.65. The van der Waals surface area contributed by atoms with Gasteiger partial charge in [0.25, 0.3) is 11.7 Å². The van der Waals surface area contributed by atoms with Crippen molar-refractivity contribution < 1.29 is 9.18 Å². The molecule has 0 bridgehead atoms. The number of halogens is 1. The number of anilines is 1. The summed E-state index contributed by atoms with van der Waals surface area (Å²) in [5, 5.41) is 8.39. The van der Waals surface area contributed by atoms with E-state index >= 15 is 0 Å². The topological polar surface area (TPSA) is 72.2 Å². The van der Waals surface area contributed by atoms with Gasteiger partial charge in [0.15, 0.2) is 5.82 Å². The van der Waals surface area contributed by atoms with Crippen LogP contribution in [0.4, 0.5) is 10.1 Å². The van der Waals surface area contributed by atoms with E-state index in [0.717, 1.165) is 26.7 Å². The third kappa shape index (κ3) is 4.15. The molecule has 2 aromatic heterocycles. The number of hydrogen-bond donors (Lipinski definition) is 1. The van der Waals surface area contributed by atoms with E-state index in [4.69, 9.17) is 5.10 Å². The van der Waals surface area contributed by atoms with Crippen LogP contribution in [0.15, 0.2) is 88.8 Å². The molecule has 0 aliphatic carbocycles. The highest BCUT2D eigenvalue weighted by Crippen LogP contribution is 2.36. The number of fused-ring (bicyclic) bond motifs is 1. The minimum atomic E-state index is -0.566. The summed E-state index contributed by atoms with van der Waals surface area (Å²) in [6.45, 7) is 3.91. The molecule has 34 heavy (non-hydrogen) atoms. The van der Waals surface area contributed by atoms with Gasteiger partial charge in [0.2, 0.25) is 0 Å². The van der Waals surface area contributed by atoms with Gasteiger partial charge in [0, 0.05) is 21.7 Å². The van der Waals surface area contributed by atoms with Gasteiger partial charge < -0.3 is 5.32 Å². The van der Waals surface area contributed by atoms with Crippen molar-refractivity contribution >= 4 is 29.1 Å². The first-order chi connectivity index (χ1) is 16.5. The molecule has 0 fully saturated rings. The molecule has 0 radical (unpaired) electrons. The molecule has 0 atom stereocenters. The summed E-state index contributed by atoms with van der Waals surface area (Å²) < 4.78 is 15.8. The number of hydrogen-bond acceptors (Lipinski definition) is 5. The lowest BCUT2D eigenvalue weighted by molar-refractivity contribution is 0.102. The second-order valence-electron chi connectivity index (χ2n) is 7.67. The highest BCUT2D eigenvalue weighted by atomic mass is 32.2. The lowest BCUT2D eigenvalue weighted by Crippen LogP contribution is -2.14. The summed E-state index contributed by atoms with van der Waals surface area (Å²) in [4.78, 5) is 22.8. The van der Waals surface area contributed by atoms with E-state index in [9.17, 15) is 9.18 Å². The second kappa shape index (κ2) is 9.07. The van der Waals surface area contributed by atoms with E-state index in [0.29, 0.717) is 17.3 Å². The van der Waals surface area contributed by atoms with E-state index in [1.54, 1.807) is 22.7 Å². The summed E-state index contributed by atoms with van der Waals surface area (Å²) in [6.07, 6.45) is 0. The molecule has 8 heteroatoms. The highest BCUT2D eigenvalue weighted by molar-refractivity contribution is 7.99. The molecule has 168 valence electrons. The van der Waals surface area contributed by atoms with Crippen LogP contribution in [-0.4, -0.2) is 25.5 Å². The number of aryl methyl sites for hydroxylation is 1. The van der Waals surface area contributed by atoms with Gasteiger partial charge in [-0.15, -0.1) is 5.10 Å². The molecule has 1 N–H and O–H groups in total. The maximum absolute atomic E-state index is 14.1. The summed E-state index contributed by atoms with van der Waals surface area (Å²) in [5.74, 6) is 0.00738. The third-order valence-electron chi connectivity index (χ3n) is 5.41. The molecule has 1 amide bonds. The van der Waals surface area contributed by atoms with Gasteiger partial charge >= 0.3 is 0 Å². The van der Waals surface area contributed by atoms with Gasteiger partial charge in [0.1, 0.15) is 10.8 Å². The molecule has 2 heterocycles. The van der Waals surface area contributed by atoms with Gasteiger partial charge in [-0.25, -0.2) is 9.37 Å². The van der Waals surface area contributed by atoms with Gasteiger partial charge in [-0.1, -0.05) is 66.4 Å². The molecule has 0 aliphatic heterocycles. The molecule has 5 aromatic rings. The van der Waals surface area contributed by atoms with Crippen molar-refractivity contribution in [3.05, 3.63) is 102 Å². The van der Waals surface area contributed by atoms with Crippen molar-refractivity contribution in [3.63, 3.8) is 0 Å². The lowest BCUT2D eigenvalue weighted by Gasteiger charge is -2.13. The molecule has 3 aromatic carbocycles. The van der Waals surface area contributed by atoms with E-state index in [-0.39, 0.29) is 5.56 Å². The first-order valence-electron chi connectivity index (χ1n) is 10.6. The van der Waals surface area contributed by atoms with E-state index < -0.39 is 11.7 Å². The number of rotatable bonds is 5. The number of carbonyl (C=O) groups excluding carboxylic acids is 1. The highest BCUT2D eigenvalue weighted by Gasteiger charge is 2.18. The minimum absolute atomic E-state index is 0.00981. The van der Waals surface area contributed by atoms with Gasteiger partial charge in [-0.3, -0.25) is 4.79 Å². The fourth-order valence-electron chi connectivity index (χ4n) is 3.49. The average molecular weight is 470 g/mol. The number of nitrogens with one attached hydrogen (secondary N) is 1. The molecule has 0 saturated carbocycles. The Labute approximate surface area is 199 Å². The van der Waals surface area contributed by atoms with Gasteiger partial charge in [-0.2, -0.15) is 9.50 Å². The van der Waals surface area contributed by atoms with Crippen LogP contribution in [0, 0.1) is 19.7 Å². The zero-order valence-corrected chi connectivity index (χ0v) is 19.3. The zero-order chi connectivity index (χ0) is 23.7. The van der Waals surface area contributed by atoms with Crippen molar-refractivity contribution in [3.8, 4) is 11.4 Å². The van der Waals surface area contributed by atoms with Crippen LogP contribution in [0.3, 0.4) is 0 Å². The van der Waals surface area contributed by atoms with Crippen molar-refractivity contribution in [2.24, 2.45) is 0 Å². The summed E-state index contributed by atoms with van der Waals surface area (Å²) in [5.41, 5.74) is 3.26. The van der Waals surface area contributed by atoms with Crippen molar-refractivity contribution in [2.75, 3.05) is 5.32 Å². The normalized spacial score (nSPS) is 11.0. The number of aromatic nitrogens is 4. The lowest BCUT2D eigenvalue weighted by atomic mass is 10.2. The Morgan fingerprint density at radius 3 is 2.41 bits per heavy atom. The van der Waals surface area contributed by atoms with Crippen molar-refractivity contribution in [2.45, 2.75) is 23.8 Å². The second-order valence-corrected chi connectivity index (χ2v) is 8.70. The Hall–Kier alpha value is -4.04. The number of amides is 1. The summed E-state index contributed by atoms with van der Waals surface area (Å²) >= 11 is 1.45. The quantitative estimate of drug-likeness (QED) is 0.322. The van der Waals surface area contributed by atoms with E-state index in [2.05, 4.69) is 15.3 Å². The maximum atomic E-state index is 14.1. The Morgan fingerprint density at radius 1 is 0.912 bits per heavy atom. The van der Waals surface area contributed by atoms with Crippen LogP contribution < -0.4 is 5.32 Å². The van der Waals surface area contributed by atoms with Crippen LogP contribution in [0.2, 0.25) is 0 Å². The van der Waals surface area contributed by atoms with Crippen LogP contribution in [-0.2, 0) is 0 Å². The SMILES string of the molecule is Cc1nc2nc(-c3ccccc3)nn2c(Sc2ccccc2NC(=O)c2ccccc2F)c1C. The van der Waals surface area contributed by atoms with Crippen LogP contribution >= 0.6 is 11.8 Å². The van der Waals surface area contributed by atoms with Crippen molar-refractivity contribution in [1.82, 2.24) is 19.6 Å². The fraction of sp³-hybridized carbons (Fsp3) is 0.0769. The molecular formula is C26H20FN5OS. The summed E-state index contributed by atoms with van der Waals surface area (Å²) in [6, 6.07) is 23.0. The van der Waals surface area contributed by atoms with E-state index in [1.807, 2.05) is 62.4 Å². The largest absolute Gasteiger partial charge is 0.321 e. The van der Waals surface area contributed by atoms with Gasteiger partial charge in [-0.05, 0) is 38.1 Å². The van der Waals surface area contributed by atoms with Crippen LogP contribution in [0.1, 0.15) is 21.6 Å². The number of carbonyl (C=O) groups is 1. The molecule has 6 nitrogen and oxygen atoms in total. The number of para-hydroxylation sites is 1. The number of nitrogens with zero attached hydrogens (tertiary/aromatic N) is 4. The van der Waals surface area contributed by atoms with Crippen LogP contribution in [0.5, 0.6) is 0 Å². The first kappa shape index (κ1) is 21.8. The fourth-order valence-corrected chi connectivity index (χ4v) is 4.58. The predicted octanol–water partition coefficient (Wildman–Crippen LogP) is 5.95. The molecule has 0 unspecified atom stereocenters. The molecule has 5 rings (SSSR count). The molecule has 0 spiro atoms.